The highest BCUT2D eigenvalue weighted by molar-refractivity contribution is 6.14. The molecule has 2 heterocycles. The van der Waals surface area contributed by atoms with Crippen LogP contribution in [0.5, 0.6) is 0 Å². The van der Waals surface area contributed by atoms with E-state index < -0.39 is 23.7 Å². The van der Waals surface area contributed by atoms with Gasteiger partial charge in [-0.3, -0.25) is 14.5 Å². The fraction of sp³-hybridized carbons (Fsp3) is 0.333. The first-order chi connectivity index (χ1) is 8.88. The number of nitrogens with one attached hydrogen (secondary N) is 1. The zero-order valence-corrected chi connectivity index (χ0v) is 9.62. The molecule has 1 aromatic rings. The number of fused-ring (bicyclic) bond motifs is 3. The second-order valence-electron chi connectivity index (χ2n) is 4.54. The topological polar surface area (TPSA) is 49.4 Å². The number of halogens is 3. The van der Waals surface area contributed by atoms with Crippen molar-refractivity contribution in [2.75, 3.05) is 10.2 Å². The summed E-state index contributed by atoms with van der Waals surface area (Å²) in [6.45, 7) is 0. The summed E-state index contributed by atoms with van der Waals surface area (Å²) in [5.74, 6) is -0.668. The van der Waals surface area contributed by atoms with Crippen LogP contribution in [0.15, 0.2) is 18.2 Å². The number of amides is 2. The number of nitrogens with zero attached hydrogens (tertiary/aromatic N) is 1. The van der Waals surface area contributed by atoms with Gasteiger partial charge in [-0.25, -0.2) is 0 Å². The molecule has 19 heavy (non-hydrogen) atoms. The molecule has 1 aromatic carbocycles. The monoisotopic (exact) mass is 270 g/mol. The summed E-state index contributed by atoms with van der Waals surface area (Å²) in [5, 5.41) is 2.43. The van der Waals surface area contributed by atoms with E-state index in [0.717, 1.165) is 12.1 Å². The van der Waals surface area contributed by atoms with Crippen LogP contribution < -0.4 is 10.2 Å². The maximum atomic E-state index is 12.6. The van der Waals surface area contributed by atoms with Crippen LogP contribution in [0.4, 0.5) is 24.5 Å². The van der Waals surface area contributed by atoms with Gasteiger partial charge in [0, 0.05) is 6.42 Å². The Morgan fingerprint density at radius 3 is 2.68 bits per heavy atom. The average molecular weight is 270 g/mol. The minimum Gasteiger partial charge on any atom is -0.322 e. The summed E-state index contributed by atoms with van der Waals surface area (Å²) in [6, 6.07) is 2.40. The summed E-state index contributed by atoms with van der Waals surface area (Å²) in [4.78, 5) is 24.8. The molecule has 0 unspecified atom stereocenters. The third kappa shape index (κ3) is 1.76. The maximum absolute atomic E-state index is 12.6. The van der Waals surface area contributed by atoms with Crippen LogP contribution in [0.2, 0.25) is 0 Å². The summed E-state index contributed by atoms with van der Waals surface area (Å²) in [7, 11) is 0. The Labute approximate surface area is 106 Å². The first-order valence-corrected chi connectivity index (χ1v) is 5.72. The van der Waals surface area contributed by atoms with Crippen LogP contribution in [0, 0.1) is 0 Å². The predicted octanol–water partition coefficient (Wildman–Crippen LogP) is 2.15. The Hall–Kier alpha value is -2.05. The van der Waals surface area contributed by atoms with Gasteiger partial charge in [-0.1, -0.05) is 0 Å². The summed E-state index contributed by atoms with van der Waals surface area (Å²) in [6.07, 6.45) is -3.85. The minimum atomic E-state index is -4.48. The van der Waals surface area contributed by atoms with E-state index in [9.17, 15) is 22.8 Å². The molecule has 2 aliphatic heterocycles. The average Bonchev–Trinajstić information content (AvgIpc) is 2.71. The molecule has 4 nitrogen and oxygen atoms in total. The summed E-state index contributed by atoms with van der Waals surface area (Å²) >= 11 is 0. The van der Waals surface area contributed by atoms with Crippen molar-refractivity contribution in [3.05, 3.63) is 23.8 Å². The molecule has 1 atom stereocenters. The lowest BCUT2D eigenvalue weighted by molar-refractivity contribution is -0.137. The lowest BCUT2D eigenvalue weighted by Crippen LogP contribution is -2.45. The van der Waals surface area contributed by atoms with Crippen molar-refractivity contribution >= 4 is 23.2 Å². The molecule has 0 radical (unpaired) electrons. The van der Waals surface area contributed by atoms with Crippen molar-refractivity contribution in [1.29, 1.82) is 0 Å². The molecule has 0 aliphatic carbocycles. The molecule has 1 saturated heterocycles. The van der Waals surface area contributed by atoms with Gasteiger partial charge in [0.1, 0.15) is 6.04 Å². The Morgan fingerprint density at radius 2 is 2.00 bits per heavy atom. The van der Waals surface area contributed by atoms with Gasteiger partial charge in [0.15, 0.2) is 0 Å². The third-order valence-electron chi connectivity index (χ3n) is 3.36. The van der Waals surface area contributed by atoms with Gasteiger partial charge in [-0.2, -0.15) is 13.2 Å². The number of benzene rings is 1. The number of carbonyl (C=O) groups is 2. The number of anilines is 2. The number of hydrogen-bond donors (Lipinski definition) is 1. The Morgan fingerprint density at radius 1 is 1.26 bits per heavy atom. The molecular weight excluding hydrogens is 261 g/mol. The van der Waals surface area contributed by atoms with Crippen LogP contribution >= 0.6 is 0 Å². The highest BCUT2D eigenvalue weighted by Gasteiger charge is 2.42. The van der Waals surface area contributed by atoms with E-state index in [-0.39, 0.29) is 18.0 Å². The molecule has 1 fully saturated rings. The molecule has 2 amide bonds. The molecule has 0 saturated carbocycles. The normalized spacial score (nSPS) is 22.1. The van der Waals surface area contributed by atoms with E-state index in [2.05, 4.69) is 5.32 Å². The van der Waals surface area contributed by atoms with E-state index in [1.54, 1.807) is 0 Å². The van der Waals surface area contributed by atoms with Gasteiger partial charge < -0.3 is 5.32 Å². The van der Waals surface area contributed by atoms with Gasteiger partial charge >= 0.3 is 6.18 Å². The van der Waals surface area contributed by atoms with Crippen molar-refractivity contribution in [3.8, 4) is 0 Å². The zero-order valence-electron chi connectivity index (χ0n) is 9.62. The molecule has 2 aliphatic rings. The lowest BCUT2D eigenvalue weighted by atomic mass is 10.1. The van der Waals surface area contributed by atoms with Gasteiger partial charge in [0.2, 0.25) is 11.8 Å². The highest BCUT2D eigenvalue weighted by atomic mass is 19.4. The maximum Gasteiger partial charge on any atom is 0.416 e. The van der Waals surface area contributed by atoms with Crippen LogP contribution in [-0.2, 0) is 15.8 Å². The van der Waals surface area contributed by atoms with Crippen molar-refractivity contribution < 1.29 is 22.8 Å². The van der Waals surface area contributed by atoms with Crippen LogP contribution in [-0.4, -0.2) is 17.9 Å². The lowest BCUT2D eigenvalue weighted by Gasteiger charge is -2.31. The van der Waals surface area contributed by atoms with Crippen molar-refractivity contribution in [1.82, 2.24) is 0 Å². The van der Waals surface area contributed by atoms with Crippen LogP contribution in [0.25, 0.3) is 0 Å². The van der Waals surface area contributed by atoms with E-state index >= 15 is 0 Å². The smallest absolute Gasteiger partial charge is 0.322 e. The first kappa shape index (κ1) is 12.0. The summed E-state index contributed by atoms with van der Waals surface area (Å²) in [5.41, 5.74) is -0.483. The third-order valence-corrected chi connectivity index (χ3v) is 3.36. The van der Waals surface area contributed by atoms with Crippen LogP contribution in [0.3, 0.4) is 0 Å². The molecule has 100 valence electrons. The Bertz CT molecular complexity index is 583. The van der Waals surface area contributed by atoms with Gasteiger partial charge in [-0.15, -0.1) is 0 Å². The predicted molar refractivity (Wildman–Crippen MR) is 60.6 cm³/mol. The van der Waals surface area contributed by atoms with E-state index in [0.29, 0.717) is 12.1 Å². The largest absolute Gasteiger partial charge is 0.416 e. The number of carbonyl (C=O) groups excluding carboxylic acids is 2. The Balaban J connectivity index is 2.10. The highest BCUT2D eigenvalue weighted by Crippen LogP contribution is 2.40. The van der Waals surface area contributed by atoms with E-state index in [1.165, 1.54) is 11.0 Å². The number of hydrogen-bond acceptors (Lipinski definition) is 2. The van der Waals surface area contributed by atoms with Crippen molar-refractivity contribution in [3.63, 3.8) is 0 Å². The Kier molecular flexibility index (Phi) is 2.35. The fourth-order valence-electron chi connectivity index (χ4n) is 2.47. The molecule has 0 spiro atoms. The number of rotatable bonds is 0. The summed E-state index contributed by atoms with van der Waals surface area (Å²) < 4.78 is 37.8. The second kappa shape index (κ2) is 3.72. The molecular formula is C12H9F3N2O2. The van der Waals surface area contributed by atoms with Crippen LogP contribution in [0.1, 0.15) is 18.4 Å². The molecule has 1 N–H and O–H groups in total. The molecule has 3 rings (SSSR count). The van der Waals surface area contributed by atoms with Gasteiger partial charge in [0.05, 0.1) is 16.9 Å². The van der Waals surface area contributed by atoms with Crippen molar-refractivity contribution in [2.45, 2.75) is 25.1 Å². The molecule has 7 heteroatoms. The number of alkyl halides is 3. The first-order valence-electron chi connectivity index (χ1n) is 5.72. The second-order valence-corrected chi connectivity index (χ2v) is 4.54. The molecule has 0 aromatic heterocycles. The SMILES string of the molecule is O=C1Nc2cc(C(F)(F)F)ccc2N2C(=O)CC[C@@H]12. The van der Waals surface area contributed by atoms with E-state index in [1.807, 2.05) is 0 Å². The van der Waals surface area contributed by atoms with Gasteiger partial charge in [0.25, 0.3) is 0 Å². The standard InChI is InChI=1S/C12H9F3N2O2/c13-12(14,15)6-1-2-8-7(5-6)16-11(19)9-3-4-10(18)17(8)9/h1-2,5,9H,3-4H2,(H,16,19)/t9-/m0/s1. The fourth-order valence-corrected chi connectivity index (χ4v) is 2.47. The zero-order chi connectivity index (χ0) is 13.8. The minimum absolute atomic E-state index is 0.0336. The van der Waals surface area contributed by atoms with Gasteiger partial charge in [-0.05, 0) is 24.6 Å². The quantitative estimate of drug-likeness (QED) is 0.785. The van der Waals surface area contributed by atoms with Crippen molar-refractivity contribution in [2.24, 2.45) is 0 Å². The van der Waals surface area contributed by atoms with E-state index in [4.69, 9.17) is 0 Å². The molecule has 0 bridgehead atoms.